The standard InChI is InChI=1S/C17H17Cl2FN2O3S/c1-3-10(2)22-26(24,25)12-5-7-16(15(20)9-12)21-17(23)13-6-4-11(18)8-14(13)19/h4-10,22H,3H2,1-2H3,(H,21,23)/t10-/m1/s1. The number of rotatable bonds is 6. The molecule has 0 saturated heterocycles. The average Bonchev–Trinajstić information content (AvgIpc) is 2.55. The molecule has 0 aliphatic heterocycles. The van der Waals surface area contributed by atoms with Gasteiger partial charge >= 0.3 is 0 Å². The molecule has 2 N–H and O–H groups in total. The molecule has 5 nitrogen and oxygen atoms in total. The van der Waals surface area contributed by atoms with Crippen LogP contribution in [0, 0.1) is 5.82 Å². The Hall–Kier alpha value is -1.67. The summed E-state index contributed by atoms with van der Waals surface area (Å²) in [5, 5.41) is 2.84. The van der Waals surface area contributed by atoms with Crippen LogP contribution < -0.4 is 10.0 Å². The molecule has 2 aromatic carbocycles. The quantitative estimate of drug-likeness (QED) is 0.726. The number of hydrogen-bond acceptors (Lipinski definition) is 3. The minimum Gasteiger partial charge on any atom is -0.319 e. The van der Waals surface area contributed by atoms with E-state index in [1.165, 1.54) is 30.3 Å². The van der Waals surface area contributed by atoms with E-state index in [4.69, 9.17) is 23.2 Å². The lowest BCUT2D eigenvalue weighted by molar-refractivity contribution is 0.102. The fourth-order valence-electron chi connectivity index (χ4n) is 2.04. The first-order chi connectivity index (χ1) is 12.1. The Bertz CT molecular complexity index is 936. The van der Waals surface area contributed by atoms with Gasteiger partial charge in [0.1, 0.15) is 5.82 Å². The Kier molecular flexibility index (Phi) is 6.63. The number of carbonyl (C=O) groups is 1. The largest absolute Gasteiger partial charge is 0.319 e. The van der Waals surface area contributed by atoms with E-state index in [0.717, 1.165) is 6.07 Å². The summed E-state index contributed by atoms with van der Waals surface area (Å²) < 4.78 is 41.1. The molecule has 0 spiro atoms. The molecule has 1 atom stereocenters. The van der Waals surface area contributed by atoms with Gasteiger partial charge in [0.15, 0.2) is 0 Å². The van der Waals surface area contributed by atoms with E-state index >= 15 is 0 Å². The van der Waals surface area contributed by atoms with E-state index in [1.807, 2.05) is 6.92 Å². The number of carbonyl (C=O) groups excluding carboxylic acids is 1. The van der Waals surface area contributed by atoms with E-state index in [2.05, 4.69) is 10.0 Å². The lowest BCUT2D eigenvalue weighted by Crippen LogP contribution is -2.32. The molecular weight excluding hydrogens is 402 g/mol. The van der Waals surface area contributed by atoms with Crippen molar-refractivity contribution >= 4 is 44.8 Å². The highest BCUT2D eigenvalue weighted by molar-refractivity contribution is 7.89. The number of anilines is 1. The molecule has 0 radical (unpaired) electrons. The Morgan fingerprint density at radius 3 is 2.46 bits per heavy atom. The molecule has 0 heterocycles. The minimum absolute atomic E-state index is 0.116. The van der Waals surface area contributed by atoms with Crippen LogP contribution in [0.5, 0.6) is 0 Å². The van der Waals surface area contributed by atoms with Crippen molar-refractivity contribution in [2.75, 3.05) is 5.32 Å². The minimum atomic E-state index is -3.84. The van der Waals surface area contributed by atoms with Crippen LogP contribution in [0.1, 0.15) is 30.6 Å². The zero-order valence-corrected chi connectivity index (χ0v) is 16.3. The average molecular weight is 419 g/mol. The Morgan fingerprint density at radius 2 is 1.88 bits per heavy atom. The van der Waals surface area contributed by atoms with Crippen LogP contribution in [-0.2, 0) is 10.0 Å². The van der Waals surface area contributed by atoms with E-state index in [1.54, 1.807) is 6.92 Å². The summed E-state index contributed by atoms with van der Waals surface area (Å²) in [7, 11) is -3.84. The van der Waals surface area contributed by atoms with Crippen molar-refractivity contribution in [1.29, 1.82) is 0 Å². The van der Waals surface area contributed by atoms with Gasteiger partial charge in [0.05, 0.1) is 21.2 Å². The number of nitrogens with one attached hydrogen (secondary N) is 2. The summed E-state index contributed by atoms with van der Waals surface area (Å²) in [4.78, 5) is 12.0. The number of amides is 1. The smallest absolute Gasteiger partial charge is 0.257 e. The lowest BCUT2D eigenvalue weighted by Gasteiger charge is -2.13. The highest BCUT2D eigenvalue weighted by atomic mass is 35.5. The van der Waals surface area contributed by atoms with Gasteiger partial charge in [-0.2, -0.15) is 0 Å². The van der Waals surface area contributed by atoms with Crippen LogP contribution in [0.3, 0.4) is 0 Å². The van der Waals surface area contributed by atoms with Crippen molar-refractivity contribution in [2.45, 2.75) is 31.2 Å². The summed E-state index contributed by atoms with van der Waals surface area (Å²) in [6, 6.07) is 7.25. The van der Waals surface area contributed by atoms with Crippen LogP contribution in [0.4, 0.5) is 10.1 Å². The molecule has 9 heteroatoms. The second-order valence-electron chi connectivity index (χ2n) is 5.65. The Morgan fingerprint density at radius 1 is 1.19 bits per heavy atom. The first-order valence-electron chi connectivity index (χ1n) is 7.72. The third-order valence-corrected chi connectivity index (χ3v) is 5.78. The zero-order chi connectivity index (χ0) is 19.5. The summed E-state index contributed by atoms with van der Waals surface area (Å²) in [5.41, 5.74) is -0.0471. The van der Waals surface area contributed by atoms with Crippen LogP contribution in [-0.4, -0.2) is 20.4 Å². The molecule has 0 aliphatic rings. The third-order valence-electron chi connectivity index (χ3n) is 3.64. The van der Waals surface area contributed by atoms with Crippen LogP contribution in [0.15, 0.2) is 41.3 Å². The number of benzene rings is 2. The second kappa shape index (κ2) is 8.35. The second-order valence-corrected chi connectivity index (χ2v) is 8.21. The monoisotopic (exact) mass is 418 g/mol. The molecule has 0 unspecified atom stereocenters. The van der Waals surface area contributed by atoms with Gasteiger partial charge < -0.3 is 5.32 Å². The maximum Gasteiger partial charge on any atom is 0.257 e. The fourth-order valence-corrected chi connectivity index (χ4v) is 3.88. The van der Waals surface area contributed by atoms with E-state index < -0.39 is 21.7 Å². The van der Waals surface area contributed by atoms with Crippen LogP contribution in [0.25, 0.3) is 0 Å². The SMILES string of the molecule is CC[C@@H](C)NS(=O)(=O)c1ccc(NC(=O)c2ccc(Cl)cc2Cl)c(F)c1. The predicted molar refractivity (Wildman–Crippen MR) is 101 cm³/mol. The molecule has 0 aliphatic carbocycles. The van der Waals surface area contributed by atoms with Gasteiger partial charge in [-0.05, 0) is 49.7 Å². The molecular formula is C17H17Cl2FN2O3S. The molecule has 0 bridgehead atoms. The normalized spacial score (nSPS) is 12.7. The topological polar surface area (TPSA) is 75.3 Å². The number of hydrogen-bond donors (Lipinski definition) is 2. The molecule has 140 valence electrons. The fraction of sp³-hybridized carbons (Fsp3) is 0.235. The Labute approximate surface area is 161 Å². The molecule has 0 saturated carbocycles. The molecule has 2 rings (SSSR count). The Balaban J connectivity index is 2.23. The molecule has 1 amide bonds. The summed E-state index contributed by atoms with van der Waals surface area (Å²) >= 11 is 11.7. The van der Waals surface area contributed by atoms with Gasteiger partial charge in [0.2, 0.25) is 10.0 Å². The van der Waals surface area contributed by atoms with Crippen LogP contribution >= 0.6 is 23.2 Å². The van der Waals surface area contributed by atoms with Crippen molar-refractivity contribution < 1.29 is 17.6 Å². The van der Waals surface area contributed by atoms with E-state index in [0.29, 0.717) is 11.4 Å². The van der Waals surface area contributed by atoms with Crippen molar-refractivity contribution in [3.8, 4) is 0 Å². The van der Waals surface area contributed by atoms with Crippen molar-refractivity contribution in [3.05, 3.63) is 57.8 Å². The summed E-state index contributed by atoms with van der Waals surface area (Å²) in [6.07, 6.45) is 0.595. The van der Waals surface area contributed by atoms with Gasteiger partial charge in [-0.15, -0.1) is 0 Å². The maximum atomic E-state index is 14.3. The third kappa shape index (κ3) is 4.94. The van der Waals surface area contributed by atoms with E-state index in [9.17, 15) is 17.6 Å². The van der Waals surface area contributed by atoms with E-state index in [-0.39, 0.29) is 27.2 Å². The molecule has 0 aromatic heterocycles. The zero-order valence-electron chi connectivity index (χ0n) is 14.0. The van der Waals surface area contributed by atoms with Crippen molar-refractivity contribution in [1.82, 2.24) is 4.72 Å². The predicted octanol–water partition coefficient (Wildman–Crippen LogP) is 4.46. The maximum absolute atomic E-state index is 14.3. The highest BCUT2D eigenvalue weighted by Crippen LogP contribution is 2.24. The van der Waals surface area contributed by atoms with Gasteiger partial charge in [-0.1, -0.05) is 30.1 Å². The van der Waals surface area contributed by atoms with Crippen molar-refractivity contribution in [3.63, 3.8) is 0 Å². The summed E-state index contributed by atoms with van der Waals surface area (Å²) in [5.74, 6) is -1.52. The van der Waals surface area contributed by atoms with Crippen LogP contribution in [0.2, 0.25) is 10.0 Å². The van der Waals surface area contributed by atoms with Gasteiger partial charge in [0.25, 0.3) is 5.91 Å². The first-order valence-corrected chi connectivity index (χ1v) is 9.96. The molecule has 2 aromatic rings. The number of halogens is 3. The van der Waals surface area contributed by atoms with Crippen molar-refractivity contribution in [2.24, 2.45) is 0 Å². The summed E-state index contributed by atoms with van der Waals surface area (Å²) in [6.45, 7) is 3.53. The van der Waals surface area contributed by atoms with Gasteiger partial charge in [-0.25, -0.2) is 17.5 Å². The van der Waals surface area contributed by atoms with Gasteiger partial charge in [0, 0.05) is 11.1 Å². The lowest BCUT2D eigenvalue weighted by atomic mass is 10.2. The highest BCUT2D eigenvalue weighted by Gasteiger charge is 2.19. The number of sulfonamides is 1. The van der Waals surface area contributed by atoms with Gasteiger partial charge in [-0.3, -0.25) is 4.79 Å². The first kappa shape index (κ1) is 20.6. The molecule has 0 fully saturated rings. The molecule has 26 heavy (non-hydrogen) atoms.